The summed E-state index contributed by atoms with van der Waals surface area (Å²) in [4.78, 5) is 14.1. The van der Waals surface area contributed by atoms with Crippen LogP contribution in [0, 0.1) is 11.8 Å². The molecule has 0 aliphatic carbocycles. The number of carbonyl (C=O) groups excluding carboxylic acids is 1. The van der Waals surface area contributed by atoms with Gasteiger partial charge in [-0.3, -0.25) is 9.69 Å². The Hall–Kier alpha value is -1.56. The van der Waals surface area contributed by atoms with E-state index in [1.165, 1.54) is 5.56 Å². The Morgan fingerprint density at radius 3 is 2.29 bits per heavy atom. The summed E-state index contributed by atoms with van der Waals surface area (Å²) < 4.78 is 36.7. The molecule has 1 saturated heterocycles. The van der Waals surface area contributed by atoms with Crippen molar-refractivity contribution in [2.45, 2.75) is 45.5 Å². The Labute approximate surface area is 141 Å². The van der Waals surface area contributed by atoms with Gasteiger partial charge in [0.2, 0.25) is 5.91 Å². The highest BCUT2D eigenvalue weighted by Crippen LogP contribution is 2.25. The molecule has 2 rings (SSSR count). The lowest BCUT2D eigenvalue weighted by atomic mass is 9.85. The average Bonchev–Trinajstić information content (AvgIpc) is 2.49. The minimum absolute atomic E-state index is 0.0715. The molecule has 0 radical (unpaired) electrons. The van der Waals surface area contributed by atoms with E-state index in [1.54, 1.807) is 0 Å². The zero-order valence-electron chi connectivity index (χ0n) is 14.1. The molecule has 1 aromatic carbocycles. The number of piperidine rings is 1. The Morgan fingerprint density at radius 2 is 1.75 bits per heavy atom. The molecule has 0 unspecified atom stereocenters. The number of benzene rings is 1. The van der Waals surface area contributed by atoms with E-state index in [2.05, 4.69) is 22.3 Å². The lowest BCUT2D eigenvalue weighted by Crippen LogP contribution is -2.54. The van der Waals surface area contributed by atoms with Crippen LogP contribution in [0.25, 0.3) is 0 Å². The number of amides is 1. The minimum Gasteiger partial charge on any atom is -0.353 e. The third-order valence-electron chi connectivity index (χ3n) is 4.53. The normalized spacial score (nSPS) is 23.2. The van der Waals surface area contributed by atoms with Crippen molar-refractivity contribution in [3.63, 3.8) is 0 Å². The maximum atomic E-state index is 12.2. The van der Waals surface area contributed by atoms with Gasteiger partial charge >= 0.3 is 6.18 Å². The predicted octanol–water partition coefficient (Wildman–Crippen LogP) is 3.60. The number of carbonyl (C=O) groups is 1. The highest BCUT2D eigenvalue weighted by atomic mass is 19.4. The SMILES string of the molecule is C[C@@H]1CN(Cc2ccccc2)C[C@@H](C)C1NC(=O)CCC(F)(F)F. The molecule has 134 valence electrons. The first-order chi connectivity index (χ1) is 11.2. The van der Waals surface area contributed by atoms with E-state index < -0.39 is 24.9 Å². The van der Waals surface area contributed by atoms with Gasteiger partial charge in [0.25, 0.3) is 0 Å². The van der Waals surface area contributed by atoms with Crippen LogP contribution in [0.3, 0.4) is 0 Å². The molecule has 3 nitrogen and oxygen atoms in total. The predicted molar refractivity (Wildman–Crippen MR) is 87.3 cm³/mol. The van der Waals surface area contributed by atoms with Crippen molar-refractivity contribution in [2.24, 2.45) is 11.8 Å². The zero-order chi connectivity index (χ0) is 17.7. The van der Waals surface area contributed by atoms with E-state index in [9.17, 15) is 18.0 Å². The van der Waals surface area contributed by atoms with Crippen molar-refractivity contribution in [1.29, 1.82) is 0 Å². The topological polar surface area (TPSA) is 32.3 Å². The van der Waals surface area contributed by atoms with Crippen molar-refractivity contribution in [3.8, 4) is 0 Å². The van der Waals surface area contributed by atoms with Crippen LogP contribution in [0.15, 0.2) is 30.3 Å². The van der Waals surface area contributed by atoms with Crippen molar-refractivity contribution in [1.82, 2.24) is 10.2 Å². The molecule has 1 aliphatic rings. The summed E-state index contributed by atoms with van der Waals surface area (Å²) >= 11 is 0. The van der Waals surface area contributed by atoms with Crippen molar-refractivity contribution >= 4 is 5.91 Å². The van der Waals surface area contributed by atoms with Gasteiger partial charge in [0.05, 0.1) is 6.42 Å². The van der Waals surface area contributed by atoms with Gasteiger partial charge in [-0.25, -0.2) is 0 Å². The maximum absolute atomic E-state index is 12.2. The summed E-state index contributed by atoms with van der Waals surface area (Å²) in [5.74, 6) is -0.105. The first kappa shape index (κ1) is 18.8. The lowest BCUT2D eigenvalue weighted by molar-refractivity contribution is -0.144. The second-order valence-electron chi connectivity index (χ2n) is 6.84. The molecule has 24 heavy (non-hydrogen) atoms. The first-order valence-corrected chi connectivity index (χ1v) is 8.37. The third kappa shape index (κ3) is 5.82. The fraction of sp³-hybridized carbons (Fsp3) is 0.611. The van der Waals surface area contributed by atoms with E-state index in [4.69, 9.17) is 0 Å². The van der Waals surface area contributed by atoms with Crippen molar-refractivity contribution in [3.05, 3.63) is 35.9 Å². The van der Waals surface area contributed by atoms with Gasteiger partial charge in [0.15, 0.2) is 0 Å². The fourth-order valence-corrected chi connectivity index (χ4v) is 3.45. The number of nitrogens with zero attached hydrogens (tertiary/aromatic N) is 1. The van der Waals surface area contributed by atoms with Crippen LogP contribution in [0.2, 0.25) is 0 Å². The van der Waals surface area contributed by atoms with Gasteiger partial charge in [-0.15, -0.1) is 0 Å². The number of rotatable bonds is 5. The Bertz CT molecular complexity index is 521. The van der Waals surface area contributed by atoms with Gasteiger partial charge in [0, 0.05) is 32.1 Å². The summed E-state index contributed by atoms with van der Waals surface area (Å²) in [7, 11) is 0. The molecule has 0 aromatic heterocycles. The zero-order valence-corrected chi connectivity index (χ0v) is 14.1. The molecule has 1 heterocycles. The number of hydrogen-bond donors (Lipinski definition) is 1. The molecule has 1 aliphatic heterocycles. The van der Waals surface area contributed by atoms with E-state index in [0.717, 1.165) is 19.6 Å². The molecule has 1 fully saturated rings. The van der Waals surface area contributed by atoms with Crippen LogP contribution in [0.4, 0.5) is 13.2 Å². The molecular weight excluding hydrogens is 317 g/mol. The largest absolute Gasteiger partial charge is 0.389 e. The first-order valence-electron chi connectivity index (χ1n) is 8.37. The van der Waals surface area contributed by atoms with Crippen LogP contribution in [-0.2, 0) is 11.3 Å². The Kier molecular flexibility index (Phi) is 6.27. The van der Waals surface area contributed by atoms with Crippen LogP contribution in [-0.4, -0.2) is 36.1 Å². The third-order valence-corrected chi connectivity index (χ3v) is 4.53. The highest BCUT2D eigenvalue weighted by molar-refractivity contribution is 5.76. The van der Waals surface area contributed by atoms with E-state index in [1.807, 2.05) is 32.0 Å². The monoisotopic (exact) mass is 342 g/mol. The second kappa shape index (κ2) is 8.01. The molecule has 2 atom stereocenters. The molecule has 1 N–H and O–H groups in total. The lowest BCUT2D eigenvalue weighted by Gasteiger charge is -2.41. The molecule has 0 bridgehead atoms. The number of hydrogen-bond acceptors (Lipinski definition) is 2. The molecular formula is C18H25F3N2O. The van der Waals surface area contributed by atoms with Gasteiger partial charge < -0.3 is 5.32 Å². The van der Waals surface area contributed by atoms with Gasteiger partial charge in [-0.1, -0.05) is 44.2 Å². The summed E-state index contributed by atoms with van der Waals surface area (Å²) in [5, 5.41) is 2.81. The fourth-order valence-electron chi connectivity index (χ4n) is 3.45. The standard InChI is InChI=1S/C18H25F3N2O/c1-13-10-23(12-15-6-4-3-5-7-15)11-14(2)17(13)22-16(24)8-9-18(19,20)21/h3-7,13-14,17H,8-12H2,1-2H3,(H,22,24)/t13-,14-/m1/s1. The minimum atomic E-state index is -4.28. The van der Waals surface area contributed by atoms with E-state index in [-0.39, 0.29) is 17.9 Å². The van der Waals surface area contributed by atoms with E-state index >= 15 is 0 Å². The van der Waals surface area contributed by atoms with Crippen molar-refractivity contribution in [2.75, 3.05) is 13.1 Å². The maximum Gasteiger partial charge on any atom is 0.389 e. The van der Waals surface area contributed by atoms with Crippen molar-refractivity contribution < 1.29 is 18.0 Å². The number of nitrogens with one attached hydrogen (secondary N) is 1. The summed E-state index contributed by atoms with van der Waals surface area (Å²) in [6.45, 7) is 6.59. The molecule has 6 heteroatoms. The second-order valence-corrected chi connectivity index (χ2v) is 6.84. The van der Waals surface area contributed by atoms with Crippen LogP contribution >= 0.6 is 0 Å². The summed E-state index contributed by atoms with van der Waals surface area (Å²) in [6, 6.07) is 10.1. The molecule has 0 saturated carbocycles. The number of alkyl halides is 3. The van der Waals surface area contributed by atoms with E-state index in [0.29, 0.717) is 0 Å². The Morgan fingerprint density at radius 1 is 1.17 bits per heavy atom. The van der Waals surface area contributed by atoms with Crippen LogP contribution in [0.1, 0.15) is 32.3 Å². The quantitative estimate of drug-likeness (QED) is 0.887. The summed E-state index contributed by atoms with van der Waals surface area (Å²) in [6.07, 6.45) is -5.84. The number of halogens is 3. The number of likely N-dealkylation sites (tertiary alicyclic amines) is 1. The summed E-state index contributed by atoms with van der Waals surface area (Å²) in [5.41, 5.74) is 1.24. The van der Waals surface area contributed by atoms with Gasteiger partial charge in [0.1, 0.15) is 0 Å². The molecule has 0 spiro atoms. The van der Waals surface area contributed by atoms with Crippen LogP contribution < -0.4 is 5.32 Å². The average molecular weight is 342 g/mol. The Balaban J connectivity index is 1.85. The highest BCUT2D eigenvalue weighted by Gasteiger charge is 2.34. The smallest absolute Gasteiger partial charge is 0.353 e. The van der Waals surface area contributed by atoms with Crippen LogP contribution in [0.5, 0.6) is 0 Å². The van der Waals surface area contributed by atoms with Gasteiger partial charge in [-0.2, -0.15) is 13.2 Å². The molecule has 1 amide bonds. The van der Waals surface area contributed by atoms with Gasteiger partial charge in [-0.05, 0) is 17.4 Å². The molecule has 1 aromatic rings.